The first-order chi connectivity index (χ1) is 8.98. The van der Waals surface area contributed by atoms with Crippen LogP contribution in [0.25, 0.3) is 0 Å². The summed E-state index contributed by atoms with van der Waals surface area (Å²) in [6.45, 7) is 2.28. The molecule has 0 saturated carbocycles. The number of nitrogens with one attached hydrogen (secondary N) is 1. The minimum atomic E-state index is -0.982. The van der Waals surface area contributed by atoms with Crippen molar-refractivity contribution < 1.29 is 19.4 Å². The molecule has 0 aliphatic rings. The average Bonchev–Trinajstić information content (AvgIpc) is 2.43. The smallest absolute Gasteiger partial charge is 0.251 e. The van der Waals surface area contributed by atoms with Crippen LogP contribution in [0.3, 0.4) is 0 Å². The predicted molar refractivity (Wildman–Crippen MR) is 72.4 cm³/mol. The molecule has 5 nitrogen and oxygen atoms in total. The Hall–Kier alpha value is -1.59. The van der Waals surface area contributed by atoms with Gasteiger partial charge in [-0.1, -0.05) is 6.07 Å². The van der Waals surface area contributed by atoms with Crippen molar-refractivity contribution in [3.05, 3.63) is 29.8 Å². The summed E-state index contributed by atoms with van der Waals surface area (Å²) < 4.78 is 9.97. The van der Waals surface area contributed by atoms with E-state index in [4.69, 9.17) is 9.47 Å². The van der Waals surface area contributed by atoms with Crippen LogP contribution in [0.5, 0.6) is 5.75 Å². The summed E-state index contributed by atoms with van der Waals surface area (Å²) in [5.41, 5.74) is -0.480. The molecule has 106 valence electrons. The second-order valence-corrected chi connectivity index (χ2v) is 4.65. The molecule has 1 unspecified atom stereocenters. The van der Waals surface area contributed by atoms with Gasteiger partial charge in [-0.3, -0.25) is 4.79 Å². The highest BCUT2D eigenvalue weighted by molar-refractivity contribution is 5.94. The average molecular weight is 267 g/mol. The lowest BCUT2D eigenvalue weighted by atomic mass is 10.0. The largest absolute Gasteiger partial charge is 0.497 e. The van der Waals surface area contributed by atoms with Crippen molar-refractivity contribution in [2.24, 2.45) is 0 Å². The fourth-order valence-corrected chi connectivity index (χ4v) is 1.55. The molecule has 0 fully saturated rings. The fraction of sp³-hybridized carbons (Fsp3) is 0.500. The lowest BCUT2D eigenvalue weighted by Crippen LogP contribution is -2.41. The van der Waals surface area contributed by atoms with Crippen molar-refractivity contribution in [3.8, 4) is 5.75 Å². The number of benzene rings is 1. The molecule has 0 bridgehead atoms. The predicted octanol–water partition coefficient (Wildman–Crippen LogP) is 1.21. The summed E-state index contributed by atoms with van der Waals surface area (Å²) in [6.07, 6.45) is 0.460. The second kappa shape index (κ2) is 7.11. The van der Waals surface area contributed by atoms with Crippen molar-refractivity contribution >= 4 is 5.91 Å². The summed E-state index contributed by atoms with van der Waals surface area (Å²) in [7, 11) is 3.12. The van der Waals surface area contributed by atoms with E-state index in [0.29, 0.717) is 24.3 Å². The Labute approximate surface area is 113 Å². The standard InChI is InChI=1S/C14H21NO4/c1-14(17,7-8-18-2)10-15-13(16)11-5-4-6-12(9-11)19-3/h4-6,9,17H,7-8,10H2,1-3H3,(H,15,16). The summed E-state index contributed by atoms with van der Waals surface area (Å²) in [4.78, 5) is 11.9. The van der Waals surface area contributed by atoms with Gasteiger partial charge in [0.05, 0.1) is 12.7 Å². The highest BCUT2D eigenvalue weighted by Gasteiger charge is 2.21. The van der Waals surface area contributed by atoms with Crippen molar-refractivity contribution in [2.45, 2.75) is 18.9 Å². The number of hydrogen-bond donors (Lipinski definition) is 2. The first kappa shape index (κ1) is 15.5. The number of carbonyl (C=O) groups excluding carboxylic acids is 1. The van der Waals surface area contributed by atoms with Gasteiger partial charge in [0.25, 0.3) is 5.91 Å². The maximum atomic E-state index is 11.9. The number of methoxy groups -OCH3 is 2. The first-order valence-corrected chi connectivity index (χ1v) is 6.12. The Morgan fingerprint density at radius 2 is 2.16 bits per heavy atom. The zero-order valence-corrected chi connectivity index (χ0v) is 11.6. The third kappa shape index (κ3) is 5.28. The van der Waals surface area contributed by atoms with E-state index in [1.165, 1.54) is 0 Å². The molecule has 5 heteroatoms. The molecule has 1 atom stereocenters. The molecule has 1 rings (SSSR count). The lowest BCUT2D eigenvalue weighted by molar-refractivity contribution is 0.0243. The molecule has 1 aromatic carbocycles. The van der Waals surface area contributed by atoms with E-state index < -0.39 is 5.60 Å². The first-order valence-electron chi connectivity index (χ1n) is 6.12. The molecular weight excluding hydrogens is 246 g/mol. The van der Waals surface area contributed by atoms with Crippen LogP contribution >= 0.6 is 0 Å². The Morgan fingerprint density at radius 3 is 2.79 bits per heavy atom. The molecular formula is C14H21NO4. The molecule has 19 heavy (non-hydrogen) atoms. The van der Waals surface area contributed by atoms with Crippen LogP contribution in [-0.4, -0.2) is 44.0 Å². The summed E-state index contributed by atoms with van der Waals surface area (Å²) in [6, 6.07) is 6.86. The van der Waals surface area contributed by atoms with Crippen LogP contribution in [-0.2, 0) is 4.74 Å². The van der Waals surface area contributed by atoms with Crippen LogP contribution < -0.4 is 10.1 Å². The molecule has 0 aliphatic carbocycles. The Kier molecular flexibility index (Phi) is 5.79. The lowest BCUT2D eigenvalue weighted by Gasteiger charge is -2.23. The maximum Gasteiger partial charge on any atom is 0.251 e. The van der Waals surface area contributed by atoms with Gasteiger partial charge < -0.3 is 19.9 Å². The van der Waals surface area contributed by atoms with E-state index in [-0.39, 0.29) is 12.5 Å². The van der Waals surface area contributed by atoms with Gasteiger partial charge in [0.15, 0.2) is 0 Å². The van der Waals surface area contributed by atoms with Crippen molar-refractivity contribution in [3.63, 3.8) is 0 Å². The minimum absolute atomic E-state index is 0.173. The quantitative estimate of drug-likeness (QED) is 0.779. The number of aliphatic hydroxyl groups is 1. The molecule has 2 N–H and O–H groups in total. The number of rotatable bonds is 7. The molecule has 0 aromatic heterocycles. The van der Waals surface area contributed by atoms with Crippen LogP contribution in [0.4, 0.5) is 0 Å². The molecule has 0 spiro atoms. The summed E-state index contributed by atoms with van der Waals surface area (Å²) >= 11 is 0. The number of hydrogen-bond acceptors (Lipinski definition) is 4. The minimum Gasteiger partial charge on any atom is -0.497 e. The molecule has 1 aromatic rings. The zero-order valence-electron chi connectivity index (χ0n) is 11.6. The Balaban J connectivity index is 2.55. The third-order valence-corrected chi connectivity index (χ3v) is 2.81. The van der Waals surface area contributed by atoms with Gasteiger partial charge in [-0.05, 0) is 25.1 Å². The zero-order chi connectivity index (χ0) is 14.3. The second-order valence-electron chi connectivity index (χ2n) is 4.65. The highest BCUT2D eigenvalue weighted by Crippen LogP contribution is 2.13. The van der Waals surface area contributed by atoms with Crippen LogP contribution in [0.1, 0.15) is 23.7 Å². The van der Waals surface area contributed by atoms with Crippen LogP contribution in [0, 0.1) is 0 Å². The monoisotopic (exact) mass is 267 g/mol. The van der Waals surface area contributed by atoms with Crippen molar-refractivity contribution in [1.82, 2.24) is 5.32 Å². The van der Waals surface area contributed by atoms with Gasteiger partial charge >= 0.3 is 0 Å². The van der Waals surface area contributed by atoms with E-state index in [1.807, 2.05) is 0 Å². The highest BCUT2D eigenvalue weighted by atomic mass is 16.5. The SMILES string of the molecule is COCCC(C)(O)CNC(=O)c1cccc(OC)c1. The number of amides is 1. The molecule has 1 amide bonds. The molecule has 0 saturated heterocycles. The Bertz CT molecular complexity index is 418. The van der Waals surface area contributed by atoms with E-state index in [9.17, 15) is 9.90 Å². The normalized spacial score (nSPS) is 13.7. The molecule has 0 aliphatic heterocycles. The van der Waals surface area contributed by atoms with Crippen LogP contribution in [0.2, 0.25) is 0 Å². The van der Waals surface area contributed by atoms with Gasteiger partial charge in [0.1, 0.15) is 5.75 Å². The fourth-order valence-electron chi connectivity index (χ4n) is 1.55. The van der Waals surface area contributed by atoms with E-state index in [0.717, 1.165) is 0 Å². The van der Waals surface area contributed by atoms with Gasteiger partial charge in [-0.25, -0.2) is 0 Å². The summed E-state index contributed by atoms with van der Waals surface area (Å²) in [5.74, 6) is 0.385. The third-order valence-electron chi connectivity index (χ3n) is 2.81. The van der Waals surface area contributed by atoms with Crippen LogP contribution in [0.15, 0.2) is 24.3 Å². The van der Waals surface area contributed by atoms with E-state index in [1.54, 1.807) is 45.4 Å². The van der Waals surface area contributed by atoms with E-state index >= 15 is 0 Å². The van der Waals surface area contributed by atoms with Gasteiger partial charge in [0.2, 0.25) is 0 Å². The topological polar surface area (TPSA) is 67.8 Å². The van der Waals surface area contributed by atoms with Gasteiger partial charge in [-0.2, -0.15) is 0 Å². The van der Waals surface area contributed by atoms with Crippen molar-refractivity contribution in [1.29, 1.82) is 0 Å². The van der Waals surface area contributed by atoms with Crippen molar-refractivity contribution in [2.75, 3.05) is 27.4 Å². The molecule has 0 heterocycles. The number of carbonyl (C=O) groups is 1. The maximum absolute atomic E-state index is 11.9. The summed E-state index contributed by atoms with van der Waals surface area (Å²) in [5, 5.41) is 12.7. The van der Waals surface area contributed by atoms with Gasteiger partial charge in [0, 0.05) is 32.2 Å². The number of ether oxygens (including phenoxy) is 2. The molecule has 0 radical (unpaired) electrons. The van der Waals surface area contributed by atoms with Gasteiger partial charge in [-0.15, -0.1) is 0 Å². The van der Waals surface area contributed by atoms with E-state index in [2.05, 4.69) is 5.32 Å². The Morgan fingerprint density at radius 1 is 1.42 bits per heavy atom.